The van der Waals surface area contributed by atoms with E-state index in [9.17, 15) is 9.59 Å². The van der Waals surface area contributed by atoms with Crippen LogP contribution in [0.25, 0.3) is 10.2 Å². The van der Waals surface area contributed by atoms with Gasteiger partial charge in [0.15, 0.2) is 5.16 Å². The van der Waals surface area contributed by atoms with Gasteiger partial charge in [0.2, 0.25) is 5.91 Å². The minimum atomic E-state index is -0.361. The van der Waals surface area contributed by atoms with Crippen molar-refractivity contribution in [1.29, 1.82) is 0 Å². The molecule has 3 N–H and O–H groups in total. The van der Waals surface area contributed by atoms with E-state index in [0.717, 1.165) is 29.5 Å². The first-order valence-electron chi connectivity index (χ1n) is 9.25. The van der Waals surface area contributed by atoms with Gasteiger partial charge in [-0.3, -0.25) is 9.59 Å². The Bertz CT molecular complexity index is 1100. The average molecular weight is 419 g/mol. The van der Waals surface area contributed by atoms with E-state index in [-0.39, 0.29) is 17.9 Å². The summed E-state index contributed by atoms with van der Waals surface area (Å²) in [5, 5.41) is 9.76. The number of rotatable bonds is 6. The van der Waals surface area contributed by atoms with Crippen LogP contribution in [0.1, 0.15) is 41.9 Å². The summed E-state index contributed by atoms with van der Waals surface area (Å²) in [7, 11) is 1.85. The van der Waals surface area contributed by atoms with Gasteiger partial charge in [-0.1, -0.05) is 18.7 Å². The number of aromatic nitrogens is 5. The fourth-order valence-corrected chi connectivity index (χ4v) is 5.72. The van der Waals surface area contributed by atoms with Crippen LogP contribution in [0.5, 0.6) is 0 Å². The van der Waals surface area contributed by atoms with E-state index in [1.807, 2.05) is 11.6 Å². The molecular weight excluding hydrogens is 396 g/mol. The molecule has 1 aliphatic rings. The second-order valence-electron chi connectivity index (χ2n) is 7.26. The molecule has 148 valence electrons. The maximum Gasteiger partial charge on any atom is 0.259 e. The summed E-state index contributed by atoms with van der Waals surface area (Å²) < 4.78 is 1.84. The molecule has 0 spiro atoms. The highest BCUT2D eigenvalue weighted by molar-refractivity contribution is 7.98. The molecule has 0 unspecified atom stereocenters. The Hall–Kier alpha value is -2.20. The molecule has 1 atom stereocenters. The molecular formula is C18H22N6O2S2. The number of hydrogen-bond donors (Lipinski definition) is 2. The molecule has 0 saturated carbocycles. The van der Waals surface area contributed by atoms with E-state index in [0.29, 0.717) is 34.9 Å². The first-order valence-corrected chi connectivity index (χ1v) is 11.1. The number of aromatic amines is 1. The lowest BCUT2D eigenvalue weighted by Gasteiger charge is -2.17. The molecule has 3 heterocycles. The summed E-state index contributed by atoms with van der Waals surface area (Å²) in [6.45, 7) is 2.26. The van der Waals surface area contributed by atoms with Gasteiger partial charge in [-0.2, -0.15) is 0 Å². The Morgan fingerprint density at radius 2 is 2.25 bits per heavy atom. The number of amides is 1. The molecule has 0 aliphatic heterocycles. The van der Waals surface area contributed by atoms with Gasteiger partial charge in [0.25, 0.3) is 5.56 Å². The zero-order chi connectivity index (χ0) is 19.8. The van der Waals surface area contributed by atoms with Crippen molar-refractivity contribution in [2.24, 2.45) is 18.7 Å². The summed E-state index contributed by atoms with van der Waals surface area (Å²) in [4.78, 5) is 33.4. The van der Waals surface area contributed by atoms with Crippen molar-refractivity contribution in [1.82, 2.24) is 24.7 Å². The Morgan fingerprint density at radius 3 is 3.04 bits per heavy atom. The van der Waals surface area contributed by atoms with Crippen LogP contribution in [-0.4, -0.2) is 30.6 Å². The summed E-state index contributed by atoms with van der Waals surface area (Å²) in [5.41, 5.74) is 6.34. The number of nitrogens with two attached hydrogens (primary N) is 1. The van der Waals surface area contributed by atoms with E-state index in [2.05, 4.69) is 22.1 Å². The van der Waals surface area contributed by atoms with Gasteiger partial charge >= 0.3 is 0 Å². The topological polar surface area (TPSA) is 120 Å². The molecule has 0 bridgehead atoms. The second kappa shape index (κ2) is 7.67. The molecule has 3 aromatic heterocycles. The number of primary amides is 1. The minimum Gasteiger partial charge on any atom is -0.370 e. The quantitative estimate of drug-likeness (QED) is 0.591. The average Bonchev–Trinajstić information content (AvgIpc) is 3.17. The smallest absolute Gasteiger partial charge is 0.259 e. The first kappa shape index (κ1) is 19.1. The Labute approximate surface area is 170 Å². The molecule has 1 aliphatic carbocycles. The number of hydrogen-bond acceptors (Lipinski definition) is 7. The van der Waals surface area contributed by atoms with Crippen molar-refractivity contribution in [3.8, 4) is 0 Å². The number of thiophene rings is 1. The fraction of sp³-hybridized carbons (Fsp3) is 0.500. The van der Waals surface area contributed by atoms with E-state index < -0.39 is 0 Å². The van der Waals surface area contributed by atoms with Crippen LogP contribution in [0, 0.1) is 5.92 Å². The SMILES string of the molecule is C[C@H]1CCc2c(sc3nc(CSc4nnc(CCC(N)=O)n4C)[nH]c(=O)c23)C1. The van der Waals surface area contributed by atoms with E-state index in [4.69, 9.17) is 10.7 Å². The predicted octanol–water partition coefficient (Wildman–Crippen LogP) is 1.95. The summed E-state index contributed by atoms with van der Waals surface area (Å²) in [6.07, 6.45) is 3.82. The Kier molecular flexibility index (Phi) is 5.24. The van der Waals surface area contributed by atoms with Crippen LogP contribution in [0.4, 0.5) is 0 Å². The molecule has 0 aromatic carbocycles. The number of nitrogens with zero attached hydrogens (tertiary/aromatic N) is 4. The zero-order valence-electron chi connectivity index (χ0n) is 15.8. The summed E-state index contributed by atoms with van der Waals surface area (Å²) >= 11 is 3.11. The highest BCUT2D eigenvalue weighted by Crippen LogP contribution is 2.35. The maximum atomic E-state index is 12.7. The van der Waals surface area contributed by atoms with Crippen LogP contribution in [0.2, 0.25) is 0 Å². The third-order valence-electron chi connectivity index (χ3n) is 5.07. The monoisotopic (exact) mass is 418 g/mol. The van der Waals surface area contributed by atoms with Crippen molar-refractivity contribution < 1.29 is 4.79 Å². The van der Waals surface area contributed by atoms with Crippen LogP contribution in [-0.2, 0) is 36.9 Å². The number of thioether (sulfide) groups is 1. The fourth-order valence-electron chi connectivity index (χ4n) is 3.52. The second-order valence-corrected chi connectivity index (χ2v) is 9.28. The molecule has 8 nitrogen and oxygen atoms in total. The highest BCUT2D eigenvalue weighted by Gasteiger charge is 2.23. The minimum absolute atomic E-state index is 0.0484. The highest BCUT2D eigenvalue weighted by atomic mass is 32.2. The standard InChI is InChI=1S/C18H22N6O2S2/c1-9-3-4-10-11(7-9)28-17-15(10)16(26)20-13(21-17)8-27-18-23-22-14(24(18)2)6-5-12(19)25/h9H,3-8H2,1-2H3,(H2,19,25)(H,20,21,26)/t9-/m0/s1. The van der Waals surface area contributed by atoms with Gasteiger partial charge in [-0.25, -0.2) is 4.98 Å². The molecule has 0 radical (unpaired) electrons. The summed E-state index contributed by atoms with van der Waals surface area (Å²) in [6, 6.07) is 0. The predicted molar refractivity (Wildman–Crippen MR) is 110 cm³/mol. The Morgan fingerprint density at radius 1 is 1.43 bits per heavy atom. The maximum absolute atomic E-state index is 12.7. The van der Waals surface area contributed by atoms with Crippen molar-refractivity contribution in [3.63, 3.8) is 0 Å². The van der Waals surface area contributed by atoms with Gasteiger partial charge in [0.05, 0.1) is 11.1 Å². The van der Waals surface area contributed by atoms with Gasteiger partial charge in [0, 0.05) is 24.8 Å². The van der Waals surface area contributed by atoms with Gasteiger partial charge in [-0.15, -0.1) is 21.5 Å². The number of H-pyrrole nitrogens is 1. The van der Waals surface area contributed by atoms with Crippen LogP contribution >= 0.6 is 23.1 Å². The largest absolute Gasteiger partial charge is 0.370 e. The molecule has 28 heavy (non-hydrogen) atoms. The van der Waals surface area contributed by atoms with Gasteiger partial charge in [0.1, 0.15) is 16.5 Å². The molecule has 1 amide bonds. The van der Waals surface area contributed by atoms with Crippen LogP contribution in [0.15, 0.2) is 9.95 Å². The van der Waals surface area contributed by atoms with Crippen molar-refractivity contribution >= 4 is 39.2 Å². The number of fused-ring (bicyclic) bond motifs is 3. The molecule has 4 rings (SSSR count). The number of carbonyl (C=O) groups excluding carboxylic acids is 1. The van der Waals surface area contributed by atoms with Crippen molar-refractivity contribution in [3.05, 3.63) is 32.4 Å². The molecule has 0 fully saturated rings. The van der Waals surface area contributed by atoms with Crippen LogP contribution < -0.4 is 11.3 Å². The van der Waals surface area contributed by atoms with Crippen LogP contribution in [0.3, 0.4) is 0 Å². The Balaban J connectivity index is 1.53. The first-order chi connectivity index (χ1) is 13.4. The lowest BCUT2D eigenvalue weighted by Crippen LogP contribution is -2.14. The third-order valence-corrected chi connectivity index (χ3v) is 7.25. The lowest BCUT2D eigenvalue weighted by molar-refractivity contribution is -0.118. The van der Waals surface area contributed by atoms with E-state index >= 15 is 0 Å². The molecule has 10 heteroatoms. The number of aryl methyl sites for hydroxylation is 2. The number of nitrogens with one attached hydrogen (secondary N) is 1. The third kappa shape index (κ3) is 3.70. The van der Waals surface area contributed by atoms with Crippen molar-refractivity contribution in [2.75, 3.05) is 0 Å². The normalized spacial score (nSPS) is 16.4. The van der Waals surface area contributed by atoms with E-state index in [1.165, 1.54) is 22.2 Å². The van der Waals surface area contributed by atoms with Crippen molar-refractivity contribution in [2.45, 2.75) is 49.9 Å². The molecule has 0 saturated heterocycles. The summed E-state index contributed by atoms with van der Waals surface area (Å²) in [5.74, 6) is 2.13. The van der Waals surface area contributed by atoms with Gasteiger partial charge in [-0.05, 0) is 30.7 Å². The lowest BCUT2D eigenvalue weighted by atomic mass is 9.89. The number of carbonyl (C=O) groups is 1. The van der Waals surface area contributed by atoms with E-state index in [1.54, 1.807) is 11.3 Å². The molecule has 3 aromatic rings. The zero-order valence-corrected chi connectivity index (χ0v) is 17.5. The van der Waals surface area contributed by atoms with Gasteiger partial charge < -0.3 is 15.3 Å².